The fourth-order valence-electron chi connectivity index (χ4n) is 4.85. The van der Waals surface area contributed by atoms with Gasteiger partial charge in [-0.05, 0) is 37.6 Å². The number of nitrogens with zero attached hydrogens (tertiary/aromatic N) is 4. The standard InChI is InChI=1S/C21H21FN4O4/c1-11-8-13(22)4-5-14(11)26-10-21-7-6-15(29-21)17(18(21)20(26)28)19(27)25(3)9-16-23-12(2)24-30-16/h4-8,15,17-18H,9-10H2,1-3H3/t15-,17?,18?,21-/m1/s1. The molecule has 0 saturated carbocycles. The first-order valence-electron chi connectivity index (χ1n) is 9.78. The Morgan fingerprint density at radius 2 is 2.20 bits per heavy atom. The van der Waals surface area contributed by atoms with E-state index in [4.69, 9.17) is 9.26 Å². The van der Waals surface area contributed by atoms with Crippen LogP contribution < -0.4 is 4.90 Å². The largest absolute Gasteiger partial charge is 0.360 e. The number of carbonyl (C=O) groups excluding carboxylic acids is 2. The fraction of sp³-hybridized carbons (Fsp3) is 0.429. The van der Waals surface area contributed by atoms with Crippen molar-refractivity contribution in [1.82, 2.24) is 15.0 Å². The first kappa shape index (κ1) is 18.9. The average Bonchev–Trinajstić information content (AvgIpc) is 3.43. The fourth-order valence-corrected chi connectivity index (χ4v) is 4.85. The molecule has 3 aliphatic rings. The molecule has 156 valence electrons. The van der Waals surface area contributed by atoms with Gasteiger partial charge in [0, 0.05) is 12.7 Å². The van der Waals surface area contributed by atoms with Crippen LogP contribution in [0.3, 0.4) is 0 Å². The number of anilines is 1. The van der Waals surface area contributed by atoms with Crippen LogP contribution in [0.5, 0.6) is 0 Å². The number of aromatic nitrogens is 2. The number of fused-ring (bicyclic) bond motifs is 1. The molecule has 3 aliphatic heterocycles. The quantitative estimate of drug-likeness (QED) is 0.712. The second-order valence-corrected chi connectivity index (χ2v) is 8.18. The maximum atomic E-state index is 13.5. The molecule has 9 heteroatoms. The average molecular weight is 412 g/mol. The third-order valence-corrected chi connectivity index (χ3v) is 6.15. The molecule has 2 fully saturated rings. The van der Waals surface area contributed by atoms with Gasteiger partial charge >= 0.3 is 0 Å². The number of benzene rings is 1. The van der Waals surface area contributed by atoms with Gasteiger partial charge in [0.05, 0.1) is 31.0 Å². The van der Waals surface area contributed by atoms with Crippen LogP contribution in [0.15, 0.2) is 34.9 Å². The van der Waals surface area contributed by atoms with Crippen molar-refractivity contribution in [3.8, 4) is 0 Å². The van der Waals surface area contributed by atoms with Crippen LogP contribution in [-0.4, -0.2) is 52.2 Å². The topological polar surface area (TPSA) is 88.8 Å². The van der Waals surface area contributed by atoms with E-state index in [-0.39, 0.29) is 24.2 Å². The van der Waals surface area contributed by atoms with Gasteiger partial charge in [-0.3, -0.25) is 9.59 Å². The first-order valence-corrected chi connectivity index (χ1v) is 9.78. The lowest BCUT2D eigenvalue weighted by Gasteiger charge is -2.27. The number of hydrogen-bond donors (Lipinski definition) is 0. The van der Waals surface area contributed by atoms with Crippen molar-refractivity contribution in [1.29, 1.82) is 0 Å². The molecule has 8 nitrogen and oxygen atoms in total. The van der Waals surface area contributed by atoms with Gasteiger partial charge in [0.25, 0.3) is 0 Å². The Hall–Kier alpha value is -3.07. The number of halogens is 1. The van der Waals surface area contributed by atoms with E-state index in [1.54, 1.807) is 31.9 Å². The zero-order chi connectivity index (χ0) is 21.2. The van der Waals surface area contributed by atoms with Gasteiger partial charge in [0.15, 0.2) is 5.82 Å². The van der Waals surface area contributed by atoms with Crippen LogP contribution in [0.25, 0.3) is 0 Å². The Morgan fingerprint density at radius 3 is 2.90 bits per heavy atom. The summed E-state index contributed by atoms with van der Waals surface area (Å²) in [4.78, 5) is 33.9. The second kappa shape index (κ2) is 6.46. The van der Waals surface area contributed by atoms with E-state index in [0.717, 1.165) is 0 Å². The molecule has 2 saturated heterocycles. The zero-order valence-corrected chi connectivity index (χ0v) is 16.8. The number of hydrogen-bond acceptors (Lipinski definition) is 6. The van der Waals surface area contributed by atoms with Gasteiger partial charge in [0.1, 0.15) is 11.4 Å². The minimum atomic E-state index is -0.842. The third kappa shape index (κ3) is 2.68. The smallest absolute Gasteiger partial charge is 0.246 e. The molecule has 2 amide bonds. The lowest BCUT2D eigenvalue weighted by molar-refractivity contribution is -0.139. The molecule has 0 radical (unpaired) electrons. The van der Waals surface area contributed by atoms with Gasteiger partial charge in [0.2, 0.25) is 17.7 Å². The summed E-state index contributed by atoms with van der Waals surface area (Å²) in [6, 6.07) is 4.32. The number of carbonyl (C=O) groups is 2. The number of ether oxygens (including phenoxy) is 1. The van der Waals surface area contributed by atoms with Crippen LogP contribution in [0.2, 0.25) is 0 Å². The highest BCUT2D eigenvalue weighted by atomic mass is 19.1. The molecular weight excluding hydrogens is 391 g/mol. The van der Waals surface area contributed by atoms with E-state index in [9.17, 15) is 14.0 Å². The molecule has 5 rings (SSSR count). The van der Waals surface area contributed by atoms with Crippen molar-refractivity contribution in [2.24, 2.45) is 11.8 Å². The highest BCUT2D eigenvalue weighted by molar-refractivity contribution is 6.03. The minimum Gasteiger partial charge on any atom is -0.360 e. The van der Waals surface area contributed by atoms with Crippen LogP contribution in [0, 0.1) is 31.5 Å². The first-order chi connectivity index (χ1) is 14.3. The van der Waals surface area contributed by atoms with Crippen molar-refractivity contribution < 1.29 is 23.2 Å². The SMILES string of the molecule is Cc1noc(CN(C)C(=O)C2C3C(=O)N(c4ccc(F)cc4C)C[C@]34C=C[C@H]2O4)n1. The van der Waals surface area contributed by atoms with E-state index in [0.29, 0.717) is 29.5 Å². The maximum absolute atomic E-state index is 13.5. The molecule has 1 spiro atoms. The molecule has 30 heavy (non-hydrogen) atoms. The number of amides is 2. The Morgan fingerprint density at radius 1 is 1.40 bits per heavy atom. The summed E-state index contributed by atoms with van der Waals surface area (Å²) in [6.45, 7) is 3.92. The maximum Gasteiger partial charge on any atom is 0.246 e. The molecule has 1 aromatic carbocycles. The third-order valence-electron chi connectivity index (χ3n) is 6.15. The monoisotopic (exact) mass is 412 g/mol. The van der Waals surface area contributed by atoms with Crippen LogP contribution in [0.4, 0.5) is 10.1 Å². The van der Waals surface area contributed by atoms with E-state index < -0.39 is 23.5 Å². The van der Waals surface area contributed by atoms with Gasteiger partial charge in [-0.25, -0.2) is 4.39 Å². The van der Waals surface area contributed by atoms with Gasteiger partial charge < -0.3 is 19.1 Å². The van der Waals surface area contributed by atoms with E-state index in [1.807, 2.05) is 12.2 Å². The van der Waals surface area contributed by atoms with Crippen molar-refractivity contribution in [2.75, 3.05) is 18.5 Å². The Bertz CT molecular complexity index is 1080. The number of aryl methyl sites for hydroxylation is 2. The highest BCUT2D eigenvalue weighted by Gasteiger charge is 2.67. The van der Waals surface area contributed by atoms with Crippen LogP contribution in [0.1, 0.15) is 17.3 Å². The molecule has 2 aromatic rings. The molecule has 4 heterocycles. The minimum absolute atomic E-state index is 0.154. The predicted octanol–water partition coefficient (Wildman–Crippen LogP) is 1.77. The van der Waals surface area contributed by atoms with Crippen molar-refractivity contribution in [3.63, 3.8) is 0 Å². The molecule has 1 aromatic heterocycles. The lowest BCUT2D eigenvalue weighted by Crippen LogP contribution is -2.44. The molecule has 0 N–H and O–H groups in total. The highest BCUT2D eigenvalue weighted by Crippen LogP contribution is 2.53. The summed E-state index contributed by atoms with van der Waals surface area (Å²) in [6.07, 6.45) is 3.30. The number of rotatable bonds is 4. The summed E-state index contributed by atoms with van der Waals surface area (Å²) >= 11 is 0. The summed E-state index contributed by atoms with van der Waals surface area (Å²) in [5.74, 6) is -1.19. The van der Waals surface area contributed by atoms with Crippen LogP contribution in [-0.2, 0) is 20.9 Å². The molecule has 4 atom stereocenters. The summed E-state index contributed by atoms with van der Waals surface area (Å²) in [5.41, 5.74) is 0.446. The van der Waals surface area contributed by atoms with Crippen molar-refractivity contribution in [3.05, 3.63) is 53.4 Å². The Kier molecular flexibility index (Phi) is 4.08. The summed E-state index contributed by atoms with van der Waals surface area (Å²) < 4.78 is 24.8. The lowest BCUT2D eigenvalue weighted by atomic mass is 9.76. The van der Waals surface area contributed by atoms with Crippen LogP contribution >= 0.6 is 0 Å². The predicted molar refractivity (Wildman–Crippen MR) is 103 cm³/mol. The van der Waals surface area contributed by atoms with Gasteiger partial charge in [-0.1, -0.05) is 17.3 Å². The van der Waals surface area contributed by atoms with Crippen molar-refractivity contribution in [2.45, 2.75) is 32.1 Å². The molecular formula is C21H21FN4O4. The molecule has 0 aliphatic carbocycles. The summed E-state index contributed by atoms with van der Waals surface area (Å²) in [7, 11) is 1.64. The second-order valence-electron chi connectivity index (χ2n) is 8.18. The normalized spacial score (nSPS) is 29.0. The molecule has 2 unspecified atom stereocenters. The van der Waals surface area contributed by atoms with E-state index >= 15 is 0 Å². The summed E-state index contributed by atoms with van der Waals surface area (Å²) in [5, 5.41) is 3.74. The van der Waals surface area contributed by atoms with E-state index in [2.05, 4.69) is 10.1 Å². The van der Waals surface area contributed by atoms with Gasteiger partial charge in [-0.2, -0.15) is 4.98 Å². The Balaban J connectivity index is 1.43. The van der Waals surface area contributed by atoms with Crippen molar-refractivity contribution >= 4 is 17.5 Å². The Labute approximate surface area is 172 Å². The zero-order valence-electron chi connectivity index (χ0n) is 16.8. The molecule has 2 bridgehead atoms. The van der Waals surface area contributed by atoms with E-state index in [1.165, 1.54) is 17.0 Å². The van der Waals surface area contributed by atoms with Gasteiger partial charge in [-0.15, -0.1) is 0 Å².